The van der Waals surface area contributed by atoms with Crippen molar-refractivity contribution in [3.63, 3.8) is 0 Å². The molecule has 1 unspecified atom stereocenters. The molecule has 2 aromatic carbocycles. The van der Waals surface area contributed by atoms with E-state index in [0.717, 1.165) is 18.7 Å². The summed E-state index contributed by atoms with van der Waals surface area (Å²) in [4.78, 5) is 14.3. The quantitative estimate of drug-likeness (QED) is 0.815. The van der Waals surface area contributed by atoms with Crippen LogP contribution < -0.4 is 0 Å². The first-order valence-corrected chi connectivity index (χ1v) is 6.73. The summed E-state index contributed by atoms with van der Waals surface area (Å²) in [7, 11) is 1.45. The highest BCUT2D eigenvalue weighted by Gasteiger charge is 2.35. The predicted molar refractivity (Wildman–Crippen MR) is 84.1 cm³/mol. The summed E-state index contributed by atoms with van der Waals surface area (Å²) in [6.45, 7) is 1.53. The minimum Gasteiger partial charge on any atom is -0.468 e. The fraction of sp³-hybridized carbons (Fsp3) is 0.235. The Hall–Kier alpha value is -1.84. The number of carbonyl (C=O) groups is 1. The van der Waals surface area contributed by atoms with E-state index in [4.69, 9.17) is 4.74 Å². The van der Waals surface area contributed by atoms with E-state index in [1.807, 2.05) is 36.4 Å². The maximum absolute atomic E-state index is 12.1. The number of methoxy groups -OCH3 is 1. The largest absolute Gasteiger partial charge is 0.468 e. The van der Waals surface area contributed by atoms with Gasteiger partial charge >= 0.3 is 5.97 Å². The molecular formula is C17H18ClNO2. The maximum Gasteiger partial charge on any atom is 0.327 e. The highest BCUT2D eigenvalue weighted by atomic mass is 35.5. The molecule has 1 heterocycles. The Bertz CT molecular complexity index is 615. The minimum absolute atomic E-state index is 0. The van der Waals surface area contributed by atoms with Crippen LogP contribution in [0.2, 0.25) is 0 Å². The van der Waals surface area contributed by atoms with Crippen molar-refractivity contribution in [2.75, 3.05) is 7.11 Å². The van der Waals surface area contributed by atoms with Gasteiger partial charge in [-0.3, -0.25) is 4.90 Å². The molecule has 1 aliphatic heterocycles. The average molecular weight is 304 g/mol. The third kappa shape index (κ3) is 3.09. The minimum atomic E-state index is -0.295. The van der Waals surface area contributed by atoms with Gasteiger partial charge in [-0.15, -0.1) is 12.4 Å². The Morgan fingerprint density at radius 1 is 1.14 bits per heavy atom. The third-order valence-corrected chi connectivity index (χ3v) is 3.74. The van der Waals surface area contributed by atoms with E-state index in [1.54, 1.807) is 0 Å². The summed E-state index contributed by atoms with van der Waals surface area (Å²) < 4.78 is 4.98. The Labute approximate surface area is 130 Å². The van der Waals surface area contributed by atoms with Crippen molar-refractivity contribution < 1.29 is 9.53 Å². The SMILES string of the molecule is COC(=O)C1c2ccccc2CN1Cc1ccccc1.Cl. The highest BCUT2D eigenvalue weighted by Crippen LogP contribution is 2.35. The summed E-state index contributed by atoms with van der Waals surface area (Å²) in [6, 6.07) is 18.0. The Kier molecular flexibility index (Phi) is 4.99. The molecule has 4 heteroatoms. The second-order valence-electron chi connectivity index (χ2n) is 5.02. The van der Waals surface area contributed by atoms with Gasteiger partial charge in [-0.05, 0) is 16.7 Å². The number of fused-ring (bicyclic) bond motifs is 1. The van der Waals surface area contributed by atoms with Crippen molar-refractivity contribution >= 4 is 18.4 Å². The van der Waals surface area contributed by atoms with Crippen LogP contribution in [0, 0.1) is 0 Å². The van der Waals surface area contributed by atoms with Crippen molar-refractivity contribution in [2.45, 2.75) is 19.1 Å². The number of benzene rings is 2. The van der Waals surface area contributed by atoms with Crippen LogP contribution in [0.25, 0.3) is 0 Å². The molecule has 0 bridgehead atoms. The molecule has 0 aliphatic carbocycles. The van der Waals surface area contributed by atoms with Gasteiger partial charge in [0.15, 0.2) is 0 Å². The molecule has 110 valence electrons. The molecule has 0 spiro atoms. The van der Waals surface area contributed by atoms with E-state index >= 15 is 0 Å². The zero-order chi connectivity index (χ0) is 13.9. The first kappa shape index (κ1) is 15.5. The van der Waals surface area contributed by atoms with Gasteiger partial charge in [0.2, 0.25) is 0 Å². The van der Waals surface area contributed by atoms with E-state index in [1.165, 1.54) is 18.2 Å². The summed E-state index contributed by atoms with van der Waals surface area (Å²) in [5.41, 5.74) is 3.48. The number of carbonyl (C=O) groups excluding carboxylic acids is 1. The maximum atomic E-state index is 12.1. The number of halogens is 1. The van der Waals surface area contributed by atoms with Crippen molar-refractivity contribution in [2.24, 2.45) is 0 Å². The predicted octanol–water partition coefficient (Wildman–Crippen LogP) is 3.34. The zero-order valence-electron chi connectivity index (χ0n) is 11.9. The lowest BCUT2D eigenvalue weighted by Crippen LogP contribution is -2.28. The molecule has 0 saturated heterocycles. The molecule has 2 aromatic rings. The van der Waals surface area contributed by atoms with Gasteiger partial charge in [0.25, 0.3) is 0 Å². The van der Waals surface area contributed by atoms with Crippen LogP contribution in [0.5, 0.6) is 0 Å². The molecule has 3 nitrogen and oxygen atoms in total. The summed E-state index contributed by atoms with van der Waals surface area (Å²) in [5.74, 6) is -0.189. The van der Waals surface area contributed by atoms with Gasteiger partial charge in [0, 0.05) is 13.1 Å². The van der Waals surface area contributed by atoms with Crippen molar-refractivity contribution in [1.29, 1.82) is 0 Å². The van der Waals surface area contributed by atoms with E-state index in [9.17, 15) is 4.79 Å². The molecular weight excluding hydrogens is 286 g/mol. The first-order chi connectivity index (χ1) is 9.79. The molecule has 0 amide bonds. The molecule has 0 saturated carbocycles. The molecule has 0 N–H and O–H groups in total. The second kappa shape index (κ2) is 6.74. The van der Waals surface area contributed by atoms with Crippen LogP contribution in [-0.4, -0.2) is 18.0 Å². The third-order valence-electron chi connectivity index (χ3n) is 3.74. The number of nitrogens with zero attached hydrogens (tertiary/aromatic N) is 1. The number of esters is 1. The number of hydrogen-bond donors (Lipinski definition) is 0. The van der Waals surface area contributed by atoms with Gasteiger partial charge in [-0.2, -0.15) is 0 Å². The van der Waals surface area contributed by atoms with E-state index < -0.39 is 0 Å². The fourth-order valence-corrected chi connectivity index (χ4v) is 2.80. The van der Waals surface area contributed by atoms with E-state index in [2.05, 4.69) is 23.1 Å². The van der Waals surface area contributed by atoms with Gasteiger partial charge in [0.05, 0.1) is 7.11 Å². The molecule has 21 heavy (non-hydrogen) atoms. The van der Waals surface area contributed by atoms with Crippen LogP contribution in [0.4, 0.5) is 0 Å². The Balaban J connectivity index is 0.00000161. The van der Waals surface area contributed by atoms with Crippen LogP contribution in [0.15, 0.2) is 54.6 Å². The average Bonchev–Trinajstić information content (AvgIpc) is 2.85. The number of ether oxygens (including phenoxy) is 1. The standard InChI is InChI=1S/C17H17NO2.ClH/c1-20-17(19)16-15-10-6-5-9-14(15)12-18(16)11-13-7-3-2-4-8-13;/h2-10,16H,11-12H2,1H3;1H. The van der Waals surface area contributed by atoms with Gasteiger partial charge in [0.1, 0.15) is 6.04 Å². The molecule has 1 aliphatic rings. The summed E-state index contributed by atoms with van der Waals surface area (Å²) in [6.07, 6.45) is 0. The Morgan fingerprint density at radius 2 is 1.81 bits per heavy atom. The topological polar surface area (TPSA) is 29.5 Å². The molecule has 3 rings (SSSR count). The van der Waals surface area contributed by atoms with Crippen molar-refractivity contribution in [1.82, 2.24) is 4.90 Å². The van der Waals surface area contributed by atoms with E-state index in [-0.39, 0.29) is 24.4 Å². The summed E-state index contributed by atoms with van der Waals surface area (Å²) in [5, 5.41) is 0. The fourth-order valence-electron chi connectivity index (χ4n) is 2.80. The number of rotatable bonds is 3. The Morgan fingerprint density at radius 3 is 2.52 bits per heavy atom. The van der Waals surface area contributed by atoms with Gasteiger partial charge in [-0.25, -0.2) is 4.79 Å². The first-order valence-electron chi connectivity index (χ1n) is 6.73. The normalized spacial score (nSPS) is 16.9. The van der Waals surface area contributed by atoms with Crippen LogP contribution in [0.1, 0.15) is 22.7 Å². The monoisotopic (exact) mass is 303 g/mol. The van der Waals surface area contributed by atoms with Crippen LogP contribution >= 0.6 is 12.4 Å². The lowest BCUT2D eigenvalue weighted by molar-refractivity contribution is -0.147. The van der Waals surface area contributed by atoms with E-state index in [0.29, 0.717) is 0 Å². The van der Waals surface area contributed by atoms with Gasteiger partial charge < -0.3 is 4.74 Å². The zero-order valence-corrected chi connectivity index (χ0v) is 12.7. The lowest BCUT2D eigenvalue weighted by atomic mass is 10.1. The summed E-state index contributed by atoms with van der Waals surface area (Å²) >= 11 is 0. The molecule has 0 fully saturated rings. The number of hydrogen-bond acceptors (Lipinski definition) is 3. The molecule has 1 atom stereocenters. The van der Waals surface area contributed by atoms with Crippen molar-refractivity contribution in [3.8, 4) is 0 Å². The second-order valence-corrected chi connectivity index (χ2v) is 5.02. The van der Waals surface area contributed by atoms with Crippen LogP contribution in [-0.2, 0) is 22.6 Å². The highest BCUT2D eigenvalue weighted by molar-refractivity contribution is 5.85. The van der Waals surface area contributed by atoms with Crippen LogP contribution in [0.3, 0.4) is 0 Å². The lowest BCUT2D eigenvalue weighted by Gasteiger charge is -2.22. The van der Waals surface area contributed by atoms with Gasteiger partial charge in [-0.1, -0.05) is 54.6 Å². The molecule has 0 radical (unpaired) electrons. The smallest absolute Gasteiger partial charge is 0.327 e. The van der Waals surface area contributed by atoms with Crippen molar-refractivity contribution in [3.05, 3.63) is 71.3 Å². The molecule has 0 aromatic heterocycles.